The molecule has 1 N–H and O–H groups in total. The average Bonchev–Trinajstić information content (AvgIpc) is 2.70. The maximum absolute atomic E-state index is 5.96. The lowest BCUT2D eigenvalue weighted by Gasteiger charge is -2.34. The first kappa shape index (κ1) is 13.7. The predicted octanol–water partition coefficient (Wildman–Crippen LogP) is 2.68. The number of anilines is 1. The van der Waals surface area contributed by atoms with E-state index in [-0.39, 0.29) is 0 Å². The minimum absolute atomic E-state index is 0.827. The highest BCUT2D eigenvalue weighted by Gasteiger charge is 2.24. The molecular formula is C17H26N2O. The Bertz CT molecular complexity index is 484. The third-order valence-corrected chi connectivity index (χ3v) is 4.57. The van der Waals surface area contributed by atoms with Gasteiger partial charge in [-0.1, -0.05) is 13.3 Å². The molecule has 0 amide bonds. The first-order valence-corrected chi connectivity index (χ1v) is 8.05. The minimum atomic E-state index is 0.827. The largest absolute Gasteiger partial charge is 0.490 e. The average molecular weight is 274 g/mol. The molecule has 0 radical (unpaired) electrons. The van der Waals surface area contributed by atoms with Crippen molar-refractivity contribution in [3.8, 4) is 5.75 Å². The van der Waals surface area contributed by atoms with Crippen LogP contribution in [0.15, 0.2) is 6.07 Å². The lowest BCUT2D eigenvalue weighted by molar-refractivity contribution is 0.306. The molecule has 1 aromatic rings. The van der Waals surface area contributed by atoms with Gasteiger partial charge in [0.1, 0.15) is 12.4 Å². The van der Waals surface area contributed by atoms with Crippen LogP contribution in [0.2, 0.25) is 0 Å². The summed E-state index contributed by atoms with van der Waals surface area (Å²) in [4.78, 5) is 2.54. The molecule has 0 bridgehead atoms. The van der Waals surface area contributed by atoms with Gasteiger partial charge in [-0.2, -0.15) is 0 Å². The zero-order valence-electron chi connectivity index (χ0n) is 12.8. The van der Waals surface area contributed by atoms with Crippen molar-refractivity contribution in [1.82, 2.24) is 5.32 Å². The van der Waals surface area contributed by atoms with Crippen LogP contribution in [0.4, 0.5) is 5.69 Å². The summed E-state index contributed by atoms with van der Waals surface area (Å²) in [5, 5.41) is 3.50. The number of ether oxygens (including phenoxy) is 1. The number of benzene rings is 1. The lowest BCUT2D eigenvalue weighted by atomic mass is 9.94. The van der Waals surface area contributed by atoms with Crippen molar-refractivity contribution in [2.24, 2.45) is 0 Å². The Hall–Kier alpha value is -1.22. The van der Waals surface area contributed by atoms with Gasteiger partial charge in [0.05, 0.1) is 12.2 Å². The van der Waals surface area contributed by atoms with Crippen molar-refractivity contribution in [2.75, 3.05) is 37.7 Å². The summed E-state index contributed by atoms with van der Waals surface area (Å²) >= 11 is 0. The predicted molar refractivity (Wildman–Crippen MR) is 84.1 cm³/mol. The summed E-state index contributed by atoms with van der Waals surface area (Å²) in [6, 6.07) is 2.31. The van der Waals surface area contributed by atoms with Crippen molar-refractivity contribution in [3.05, 3.63) is 22.8 Å². The monoisotopic (exact) mass is 274 g/mol. The molecule has 3 heteroatoms. The molecule has 2 aliphatic rings. The van der Waals surface area contributed by atoms with Crippen LogP contribution in [0.5, 0.6) is 5.75 Å². The Morgan fingerprint density at radius 1 is 1.30 bits per heavy atom. The molecule has 0 fully saturated rings. The van der Waals surface area contributed by atoms with Gasteiger partial charge in [0.25, 0.3) is 0 Å². The van der Waals surface area contributed by atoms with Gasteiger partial charge in [0.15, 0.2) is 0 Å². The number of nitrogens with one attached hydrogen (secondary N) is 1. The van der Waals surface area contributed by atoms with Crippen molar-refractivity contribution >= 4 is 5.69 Å². The van der Waals surface area contributed by atoms with Gasteiger partial charge in [0.2, 0.25) is 0 Å². The molecule has 3 rings (SSSR count). The summed E-state index contributed by atoms with van der Waals surface area (Å²) in [6.07, 6.45) is 4.79. The van der Waals surface area contributed by atoms with Gasteiger partial charge in [-0.3, -0.25) is 0 Å². The quantitative estimate of drug-likeness (QED) is 0.917. The summed E-state index contributed by atoms with van der Waals surface area (Å²) < 4.78 is 5.96. The third kappa shape index (κ3) is 2.51. The normalized spacial score (nSPS) is 18.0. The Morgan fingerprint density at radius 2 is 2.15 bits per heavy atom. The molecule has 0 saturated carbocycles. The molecule has 2 aliphatic heterocycles. The summed E-state index contributed by atoms with van der Waals surface area (Å²) in [5.74, 6) is 1.12. The van der Waals surface area contributed by atoms with E-state index in [0.29, 0.717) is 0 Å². The first-order valence-electron chi connectivity index (χ1n) is 8.05. The van der Waals surface area contributed by atoms with E-state index in [1.807, 2.05) is 0 Å². The molecule has 0 aliphatic carbocycles. The zero-order chi connectivity index (χ0) is 13.9. The van der Waals surface area contributed by atoms with Gasteiger partial charge in [0, 0.05) is 6.54 Å². The molecule has 2 heterocycles. The highest BCUT2D eigenvalue weighted by Crippen LogP contribution is 2.39. The Kier molecular flexibility index (Phi) is 4.16. The number of rotatable bonds is 3. The second-order valence-electron chi connectivity index (χ2n) is 5.93. The molecule has 0 saturated heterocycles. The van der Waals surface area contributed by atoms with Crippen LogP contribution in [0.3, 0.4) is 0 Å². The Balaban J connectivity index is 2.00. The fraction of sp³-hybridized carbons (Fsp3) is 0.647. The maximum atomic E-state index is 5.96. The topological polar surface area (TPSA) is 24.5 Å². The number of hydrogen-bond acceptors (Lipinski definition) is 3. The van der Waals surface area contributed by atoms with Crippen LogP contribution >= 0.6 is 0 Å². The minimum Gasteiger partial charge on any atom is -0.490 e. The van der Waals surface area contributed by atoms with E-state index < -0.39 is 0 Å². The highest BCUT2D eigenvalue weighted by atomic mass is 16.5. The van der Waals surface area contributed by atoms with E-state index in [0.717, 1.165) is 51.4 Å². The second kappa shape index (κ2) is 6.04. The van der Waals surface area contributed by atoms with Gasteiger partial charge < -0.3 is 15.0 Å². The van der Waals surface area contributed by atoms with Crippen molar-refractivity contribution < 1.29 is 4.74 Å². The SMILES string of the molecule is CCCCN1CCOc2cc3c(c(C)c21)CCNCC3. The van der Waals surface area contributed by atoms with E-state index in [9.17, 15) is 0 Å². The molecular weight excluding hydrogens is 248 g/mol. The smallest absolute Gasteiger partial charge is 0.143 e. The number of fused-ring (bicyclic) bond motifs is 2. The van der Waals surface area contributed by atoms with E-state index in [2.05, 4.69) is 30.1 Å². The molecule has 0 aromatic heterocycles. The maximum Gasteiger partial charge on any atom is 0.143 e. The fourth-order valence-corrected chi connectivity index (χ4v) is 3.47. The first-order chi connectivity index (χ1) is 9.81. The van der Waals surface area contributed by atoms with Crippen LogP contribution in [-0.2, 0) is 12.8 Å². The molecule has 3 nitrogen and oxygen atoms in total. The van der Waals surface area contributed by atoms with Gasteiger partial charge in [-0.15, -0.1) is 0 Å². The number of nitrogens with zero attached hydrogens (tertiary/aromatic N) is 1. The van der Waals surface area contributed by atoms with Crippen LogP contribution in [0, 0.1) is 6.92 Å². The molecule has 0 spiro atoms. The second-order valence-corrected chi connectivity index (χ2v) is 5.93. The van der Waals surface area contributed by atoms with E-state index in [4.69, 9.17) is 4.74 Å². The molecule has 20 heavy (non-hydrogen) atoms. The van der Waals surface area contributed by atoms with Crippen LogP contribution in [0.25, 0.3) is 0 Å². The fourth-order valence-electron chi connectivity index (χ4n) is 3.47. The van der Waals surface area contributed by atoms with Gasteiger partial charge in [-0.05, 0) is 62.0 Å². The third-order valence-electron chi connectivity index (χ3n) is 4.57. The summed E-state index contributed by atoms with van der Waals surface area (Å²) in [6.45, 7) is 9.75. The molecule has 0 atom stereocenters. The molecule has 0 unspecified atom stereocenters. The van der Waals surface area contributed by atoms with Crippen LogP contribution < -0.4 is 15.0 Å². The van der Waals surface area contributed by atoms with E-state index in [1.54, 1.807) is 5.56 Å². The standard InChI is InChI=1S/C17H26N2O/c1-3-4-9-19-10-11-20-16-12-14-5-7-18-8-6-15(14)13(2)17(16)19/h12,18H,3-11H2,1-2H3. The summed E-state index contributed by atoms with van der Waals surface area (Å²) in [5.41, 5.74) is 5.87. The number of unbranched alkanes of at least 4 members (excludes halogenated alkanes) is 1. The molecule has 110 valence electrons. The summed E-state index contributed by atoms with van der Waals surface area (Å²) in [7, 11) is 0. The van der Waals surface area contributed by atoms with Crippen molar-refractivity contribution in [2.45, 2.75) is 39.5 Å². The zero-order valence-corrected chi connectivity index (χ0v) is 12.8. The van der Waals surface area contributed by atoms with Crippen molar-refractivity contribution in [3.63, 3.8) is 0 Å². The Morgan fingerprint density at radius 3 is 3.00 bits per heavy atom. The number of hydrogen-bond donors (Lipinski definition) is 1. The highest BCUT2D eigenvalue weighted by molar-refractivity contribution is 5.69. The van der Waals surface area contributed by atoms with Gasteiger partial charge >= 0.3 is 0 Å². The van der Waals surface area contributed by atoms with E-state index in [1.165, 1.54) is 29.7 Å². The van der Waals surface area contributed by atoms with Crippen LogP contribution in [0.1, 0.15) is 36.5 Å². The Labute approximate surface area is 122 Å². The van der Waals surface area contributed by atoms with Gasteiger partial charge in [-0.25, -0.2) is 0 Å². The lowest BCUT2D eigenvalue weighted by Crippen LogP contribution is -2.34. The van der Waals surface area contributed by atoms with Crippen LogP contribution in [-0.4, -0.2) is 32.8 Å². The molecule has 1 aromatic carbocycles. The van der Waals surface area contributed by atoms with Crippen molar-refractivity contribution in [1.29, 1.82) is 0 Å². The van der Waals surface area contributed by atoms with E-state index >= 15 is 0 Å².